The standard InChI is InChI=1S/C18H30N2O3Si/c1-18(2,3)23-17(21)20-12-7-11-19-14-16-9-8-15(22-16)10-13-24(4,5)6/h8,14,16H,7,9,11-12H2,1-6H3,(H,20,21)/b19-14-. The van der Waals surface area contributed by atoms with Crippen molar-refractivity contribution in [3.63, 3.8) is 0 Å². The van der Waals surface area contributed by atoms with Crippen LogP contribution in [-0.4, -0.2) is 45.2 Å². The molecule has 0 aromatic heterocycles. The van der Waals surface area contributed by atoms with Gasteiger partial charge in [0.05, 0.1) is 0 Å². The molecule has 24 heavy (non-hydrogen) atoms. The maximum absolute atomic E-state index is 11.5. The first-order chi connectivity index (χ1) is 11.1. The van der Waals surface area contributed by atoms with Gasteiger partial charge in [-0.3, -0.25) is 4.99 Å². The Labute approximate surface area is 146 Å². The predicted octanol–water partition coefficient (Wildman–Crippen LogP) is 3.53. The van der Waals surface area contributed by atoms with Gasteiger partial charge in [-0.15, -0.1) is 5.54 Å². The van der Waals surface area contributed by atoms with Crippen LogP contribution in [0.1, 0.15) is 33.6 Å². The molecular formula is C18H30N2O3Si. The van der Waals surface area contributed by atoms with Gasteiger partial charge in [-0.25, -0.2) is 4.79 Å². The molecule has 0 aromatic carbocycles. The van der Waals surface area contributed by atoms with Gasteiger partial charge in [0.15, 0.2) is 5.76 Å². The Kier molecular flexibility index (Phi) is 7.55. The number of amides is 1. The lowest BCUT2D eigenvalue weighted by Crippen LogP contribution is -2.33. The number of rotatable bonds is 5. The van der Waals surface area contributed by atoms with Crippen LogP contribution in [0.15, 0.2) is 16.8 Å². The minimum absolute atomic E-state index is 0.0187. The van der Waals surface area contributed by atoms with E-state index in [2.05, 4.69) is 41.4 Å². The van der Waals surface area contributed by atoms with Gasteiger partial charge in [-0.2, -0.15) is 0 Å². The highest BCUT2D eigenvalue weighted by atomic mass is 28.3. The molecule has 0 aliphatic carbocycles. The van der Waals surface area contributed by atoms with Crippen molar-refractivity contribution in [3.05, 3.63) is 11.8 Å². The number of carbonyl (C=O) groups excluding carboxylic acids is 1. The zero-order valence-corrected chi connectivity index (χ0v) is 16.7. The summed E-state index contributed by atoms with van der Waals surface area (Å²) in [7, 11) is -1.37. The smallest absolute Gasteiger partial charge is 0.407 e. The SMILES string of the molecule is CC(C)(C)OC(=O)NCCC/N=C\C1CC=C(C#C[Si](C)(C)C)O1. The van der Waals surface area contributed by atoms with Gasteiger partial charge in [0.2, 0.25) is 0 Å². The van der Waals surface area contributed by atoms with Gasteiger partial charge in [0.25, 0.3) is 0 Å². The number of carbonyl (C=O) groups is 1. The summed E-state index contributed by atoms with van der Waals surface area (Å²) in [6.07, 6.45) is 5.02. The Morgan fingerprint density at radius 3 is 2.83 bits per heavy atom. The number of aliphatic imine (C=N–C) groups is 1. The first kappa shape index (κ1) is 20.3. The van der Waals surface area contributed by atoms with E-state index in [4.69, 9.17) is 9.47 Å². The molecule has 1 N–H and O–H groups in total. The second-order valence-electron chi connectivity index (χ2n) is 7.80. The van der Waals surface area contributed by atoms with E-state index in [0.29, 0.717) is 13.1 Å². The molecule has 1 heterocycles. The Morgan fingerprint density at radius 1 is 1.50 bits per heavy atom. The molecule has 1 atom stereocenters. The van der Waals surface area contributed by atoms with Crippen molar-refractivity contribution < 1.29 is 14.3 Å². The van der Waals surface area contributed by atoms with Gasteiger partial charge in [-0.05, 0) is 39.2 Å². The van der Waals surface area contributed by atoms with Gasteiger partial charge >= 0.3 is 6.09 Å². The summed E-state index contributed by atoms with van der Waals surface area (Å²) in [4.78, 5) is 15.8. The maximum atomic E-state index is 11.5. The summed E-state index contributed by atoms with van der Waals surface area (Å²) in [5.74, 6) is 3.89. The topological polar surface area (TPSA) is 59.9 Å². The summed E-state index contributed by atoms with van der Waals surface area (Å²) in [5, 5.41) is 2.71. The van der Waals surface area contributed by atoms with Crippen molar-refractivity contribution in [2.24, 2.45) is 4.99 Å². The molecule has 134 valence electrons. The molecule has 5 nitrogen and oxygen atoms in total. The summed E-state index contributed by atoms with van der Waals surface area (Å²) >= 11 is 0. The second-order valence-corrected chi connectivity index (χ2v) is 12.5. The minimum Gasteiger partial charge on any atom is -0.477 e. The van der Waals surface area contributed by atoms with Crippen LogP contribution in [0.3, 0.4) is 0 Å². The number of nitrogens with zero attached hydrogens (tertiary/aromatic N) is 1. The Hall–Kier alpha value is -1.74. The van der Waals surface area contributed by atoms with E-state index in [1.165, 1.54) is 0 Å². The number of allylic oxidation sites excluding steroid dienone is 1. The van der Waals surface area contributed by atoms with Crippen molar-refractivity contribution in [2.45, 2.75) is 65.0 Å². The number of alkyl carbamates (subject to hydrolysis) is 1. The molecule has 0 bridgehead atoms. The summed E-state index contributed by atoms with van der Waals surface area (Å²) in [6, 6.07) is 0. The van der Waals surface area contributed by atoms with Gasteiger partial charge in [0, 0.05) is 25.7 Å². The highest BCUT2D eigenvalue weighted by molar-refractivity contribution is 6.83. The molecule has 1 unspecified atom stereocenters. The Bertz CT molecular complexity index is 545. The number of nitrogens with one attached hydrogen (secondary N) is 1. The van der Waals surface area contributed by atoms with Crippen LogP contribution in [0.4, 0.5) is 4.79 Å². The third kappa shape index (κ3) is 10.1. The van der Waals surface area contributed by atoms with Gasteiger partial charge in [-0.1, -0.05) is 19.6 Å². The zero-order chi connectivity index (χ0) is 18.2. The van der Waals surface area contributed by atoms with E-state index >= 15 is 0 Å². The molecule has 0 saturated carbocycles. The third-order valence-corrected chi connectivity index (χ3v) is 3.65. The largest absolute Gasteiger partial charge is 0.477 e. The lowest BCUT2D eigenvalue weighted by molar-refractivity contribution is 0.0527. The van der Waals surface area contributed by atoms with E-state index in [0.717, 1.165) is 18.6 Å². The van der Waals surface area contributed by atoms with E-state index in [1.54, 1.807) is 0 Å². The van der Waals surface area contributed by atoms with Gasteiger partial charge < -0.3 is 14.8 Å². The quantitative estimate of drug-likeness (QED) is 0.357. The number of hydrogen-bond acceptors (Lipinski definition) is 4. The number of hydrogen-bond donors (Lipinski definition) is 1. The second kappa shape index (κ2) is 8.93. The van der Waals surface area contributed by atoms with Crippen LogP contribution >= 0.6 is 0 Å². The van der Waals surface area contributed by atoms with E-state index in [1.807, 2.05) is 33.1 Å². The molecule has 0 aromatic rings. The fourth-order valence-electron chi connectivity index (χ4n) is 1.77. The van der Waals surface area contributed by atoms with Crippen LogP contribution in [0.2, 0.25) is 19.6 Å². The normalized spacial score (nSPS) is 17.8. The van der Waals surface area contributed by atoms with Crippen LogP contribution in [0.25, 0.3) is 0 Å². The van der Waals surface area contributed by atoms with Crippen LogP contribution < -0.4 is 5.32 Å². The molecule has 1 rings (SSSR count). The predicted molar refractivity (Wildman–Crippen MR) is 101 cm³/mol. The lowest BCUT2D eigenvalue weighted by Gasteiger charge is -2.19. The van der Waals surface area contributed by atoms with Crippen LogP contribution in [-0.2, 0) is 9.47 Å². The Morgan fingerprint density at radius 2 is 2.21 bits per heavy atom. The summed E-state index contributed by atoms with van der Waals surface area (Å²) in [5.41, 5.74) is 2.83. The molecule has 0 saturated heterocycles. The van der Waals surface area contributed by atoms with E-state index in [-0.39, 0.29) is 12.2 Å². The van der Waals surface area contributed by atoms with Crippen molar-refractivity contribution in [3.8, 4) is 11.5 Å². The van der Waals surface area contributed by atoms with Crippen molar-refractivity contribution in [1.29, 1.82) is 0 Å². The maximum Gasteiger partial charge on any atom is 0.407 e. The molecule has 1 aliphatic heterocycles. The molecule has 0 radical (unpaired) electrons. The first-order valence-electron chi connectivity index (χ1n) is 8.42. The van der Waals surface area contributed by atoms with Crippen LogP contribution in [0.5, 0.6) is 0 Å². The van der Waals surface area contributed by atoms with E-state index < -0.39 is 13.7 Å². The zero-order valence-electron chi connectivity index (χ0n) is 15.7. The average molecular weight is 351 g/mol. The highest BCUT2D eigenvalue weighted by Gasteiger charge is 2.16. The van der Waals surface area contributed by atoms with E-state index in [9.17, 15) is 4.79 Å². The summed E-state index contributed by atoms with van der Waals surface area (Å²) < 4.78 is 10.9. The molecule has 0 spiro atoms. The molecule has 1 aliphatic rings. The summed E-state index contributed by atoms with van der Waals surface area (Å²) in [6.45, 7) is 13.3. The third-order valence-electron chi connectivity index (χ3n) is 2.78. The van der Waals surface area contributed by atoms with Crippen LogP contribution in [0, 0.1) is 11.5 Å². The van der Waals surface area contributed by atoms with Crippen molar-refractivity contribution in [2.75, 3.05) is 13.1 Å². The molecule has 0 fully saturated rings. The highest BCUT2D eigenvalue weighted by Crippen LogP contribution is 2.15. The van der Waals surface area contributed by atoms with Crippen molar-refractivity contribution >= 4 is 20.4 Å². The monoisotopic (exact) mass is 350 g/mol. The Balaban J connectivity index is 2.17. The molecule has 6 heteroatoms. The van der Waals surface area contributed by atoms with Gasteiger partial charge in [0.1, 0.15) is 19.8 Å². The van der Waals surface area contributed by atoms with Crippen molar-refractivity contribution in [1.82, 2.24) is 5.32 Å². The first-order valence-corrected chi connectivity index (χ1v) is 11.9. The fourth-order valence-corrected chi connectivity index (χ4v) is 2.27. The molecule has 1 amide bonds. The lowest BCUT2D eigenvalue weighted by atomic mass is 10.2. The minimum atomic E-state index is -1.37. The fraction of sp³-hybridized carbons (Fsp3) is 0.667. The molecular weight excluding hydrogens is 320 g/mol. The number of ether oxygens (including phenoxy) is 2. The average Bonchev–Trinajstić information content (AvgIpc) is 2.85.